The first-order valence-electron chi connectivity index (χ1n) is 5.78. The summed E-state index contributed by atoms with van der Waals surface area (Å²) in [4.78, 5) is 19.3. The van der Waals surface area contributed by atoms with Crippen LogP contribution in [0.3, 0.4) is 0 Å². The highest BCUT2D eigenvalue weighted by atomic mass is 16.1. The predicted molar refractivity (Wildman–Crippen MR) is 73.5 cm³/mol. The molecule has 2 heterocycles. The molecular weight excluding hydrogens is 242 g/mol. The largest absolute Gasteiger partial charge is 0.396 e. The molecule has 0 unspecified atom stereocenters. The molecule has 0 fully saturated rings. The molecule has 0 saturated carbocycles. The lowest BCUT2D eigenvalue weighted by Crippen LogP contribution is -2.15. The van der Waals surface area contributed by atoms with Gasteiger partial charge in [-0.1, -0.05) is 6.07 Å². The van der Waals surface area contributed by atoms with Crippen LogP contribution in [0.2, 0.25) is 0 Å². The number of carbonyl (C=O) groups excluding carboxylic acids is 1. The number of amides is 1. The van der Waals surface area contributed by atoms with Crippen molar-refractivity contribution in [1.29, 1.82) is 0 Å². The van der Waals surface area contributed by atoms with Crippen LogP contribution in [0.1, 0.15) is 21.7 Å². The number of carbonyl (C=O) groups is 1. The lowest BCUT2D eigenvalue weighted by molar-refractivity contribution is 0.0996. The number of nitrogen functional groups attached to an aromatic ring is 1. The summed E-state index contributed by atoms with van der Waals surface area (Å²) < 4.78 is 0. The lowest BCUT2D eigenvalue weighted by Gasteiger charge is -2.09. The zero-order valence-corrected chi connectivity index (χ0v) is 10.6. The maximum Gasteiger partial charge on any atom is 0.267 e. The zero-order chi connectivity index (χ0) is 13.8. The summed E-state index contributed by atoms with van der Waals surface area (Å²) >= 11 is 0. The Morgan fingerprint density at radius 1 is 1.32 bits per heavy atom. The molecule has 98 valence electrons. The molecule has 6 nitrogen and oxygen atoms in total. The van der Waals surface area contributed by atoms with Gasteiger partial charge in [-0.25, -0.2) is 4.98 Å². The second-order valence-corrected chi connectivity index (χ2v) is 4.16. The van der Waals surface area contributed by atoms with Crippen molar-refractivity contribution in [1.82, 2.24) is 9.97 Å². The van der Waals surface area contributed by atoms with Gasteiger partial charge in [0.2, 0.25) is 0 Å². The monoisotopic (exact) mass is 257 g/mol. The molecule has 0 aliphatic rings. The topological polar surface area (TPSA) is 107 Å². The maximum absolute atomic E-state index is 11.1. The van der Waals surface area contributed by atoms with Gasteiger partial charge in [0.25, 0.3) is 5.91 Å². The summed E-state index contributed by atoms with van der Waals surface area (Å²) in [5.74, 6) is -0.142. The first-order valence-corrected chi connectivity index (χ1v) is 5.78. The number of pyridine rings is 2. The van der Waals surface area contributed by atoms with E-state index in [0.717, 1.165) is 11.3 Å². The van der Waals surface area contributed by atoms with Crippen molar-refractivity contribution in [2.75, 3.05) is 11.1 Å². The number of aromatic nitrogens is 2. The summed E-state index contributed by atoms with van der Waals surface area (Å²) in [6.07, 6.45) is 1.77. The molecule has 2 aromatic heterocycles. The summed E-state index contributed by atoms with van der Waals surface area (Å²) in [6.45, 7) is 2.44. The molecule has 6 heteroatoms. The van der Waals surface area contributed by atoms with E-state index in [-0.39, 0.29) is 5.69 Å². The summed E-state index contributed by atoms with van der Waals surface area (Å²) in [6, 6.07) is 6.98. The van der Waals surface area contributed by atoms with Crippen molar-refractivity contribution in [2.45, 2.75) is 13.5 Å². The Morgan fingerprint density at radius 3 is 2.74 bits per heavy atom. The molecule has 1 amide bonds. The second kappa shape index (κ2) is 5.34. The van der Waals surface area contributed by atoms with Crippen LogP contribution in [-0.4, -0.2) is 15.9 Å². The van der Waals surface area contributed by atoms with Gasteiger partial charge < -0.3 is 16.8 Å². The Hall–Kier alpha value is -2.63. The number of hydrogen-bond acceptors (Lipinski definition) is 5. The molecule has 0 spiro atoms. The van der Waals surface area contributed by atoms with E-state index in [2.05, 4.69) is 15.3 Å². The first kappa shape index (κ1) is 12.8. The van der Waals surface area contributed by atoms with E-state index in [1.54, 1.807) is 12.3 Å². The van der Waals surface area contributed by atoms with E-state index in [1.807, 2.05) is 19.1 Å². The third-order valence-electron chi connectivity index (χ3n) is 2.61. The summed E-state index contributed by atoms with van der Waals surface area (Å²) in [7, 11) is 0. The van der Waals surface area contributed by atoms with Gasteiger partial charge in [0, 0.05) is 18.4 Å². The van der Waals surface area contributed by atoms with Gasteiger partial charge in [-0.15, -0.1) is 0 Å². The van der Waals surface area contributed by atoms with Gasteiger partial charge in [0.05, 0.1) is 5.69 Å². The van der Waals surface area contributed by atoms with E-state index in [0.29, 0.717) is 18.1 Å². The number of aryl methyl sites for hydroxylation is 1. The van der Waals surface area contributed by atoms with Crippen LogP contribution < -0.4 is 16.8 Å². The van der Waals surface area contributed by atoms with Crippen LogP contribution in [0, 0.1) is 6.92 Å². The summed E-state index contributed by atoms with van der Waals surface area (Å²) in [5, 5.41) is 3.06. The molecule has 0 atom stereocenters. The molecule has 0 radical (unpaired) electrons. The van der Waals surface area contributed by atoms with Gasteiger partial charge in [-0.2, -0.15) is 0 Å². The average molecular weight is 257 g/mol. The fourth-order valence-corrected chi connectivity index (χ4v) is 1.54. The van der Waals surface area contributed by atoms with Crippen molar-refractivity contribution < 1.29 is 4.79 Å². The minimum Gasteiger partial charge on any atom is -0.396 e. The highest BCUT2D eigenvalue weighted by Crippen LogP contribution is 2.16. The number of primary amides is 1. The van der Waals surface area contributed by atoms with Crippen molar-refractivity contribution in [3.05, 3.63) is 47.4 Å². The molecule has 0 aliphatic carbocycles. The SMILES string of the molecule is Cc1ccc(CNc2nc(C(N)=O)ccc2N)cn1. The van der Waals surface area contributed by atoms with Crippen molar-refractivity contribution in [3.63, 3.8) is 0 Å². The van der Waals surface area contributed by atoms with Gasteiger partial charge in [0.1, 0.15) is 11.5 Å². The predicted octanol–water partition coefficient (Wildman–Crippen LogP) is 1.08. The molecule has 0 bridgehead atoms. The Labute approximate surface area is 110 Å². The van der Waals surface area contributed by atoms with Gasteiger partial charge in [-0.3, -0.25) is 9.78 Å². The molecule has 0 aromatic carbocycles. The minimum atomic E-state index is -0.583. The van der Waals surface area contributed by atoms with Crippen LogP contribution >= 0.6 is 0 Å². The molecule has 5 N–H and O–H groups in total. The van der Waals surface area contributed by atoms with Gasteiger partial charge >= 0.3 is 0 Å². The number of nitrogens with zero attached hydrogens (tertiary/aromatic N) is 2. The van der Waals surface area contributed by atoms with Gasteiger partial charge in [0.15, 0.2) is 0 Å². The highest BCUT2D eigenvalue weighted by molar-refractivity contribution is 5.91. The second-order valence-electron chi connectivity index (χ2n) is 4.16. The fourth-order valence-electron chi connectivity index (χ4n) is 1.54. The minimum absolute atomic E-state index is 0.179. The molecule has 0 aliphatic heterocycles. The van der Waals surface area contributed by atoms with Crippen molar-refractivity contribution in [3.8, 4) is 0 Å². The van der Waals surface area contributed by atoms with Crippen LogP contribution in [0.25, 0.3) is 0 Å². The Balaban J connectivity index is 2.12. The quantitative estimate of drug-likeness (QED) is 0.759. The molecule has 2 aromatic rings. The normalized spacial score (nSPS) is 10.2. The van der Waals surface area contributed by atoms with E-state index < -0.39 is 5.91 Å². The van der Waals surface area contributed by atoms with Crippen molar-refractivity contribution in [2.24, 2.45) is 5.73 Å². The van der Waals surface area contributed by atoms with Crippen LogP contribution in [-0.2, 0) is 6.54 Å². The Bertz CT molecular complexity index is 594. The molecule has 19 heavy (non-hydrogen) atoms. The molecular formula is C13H15N5O. The molecule has 0 saturated heterocycles. The standard InChI is InChI=1S/C13H15N5O/c1-8-2-3-9(6-16-8)7-17-13-10(14)4-5-11(18-13)12(15)19/h2-6H,7,14H2,1H3,(H2,15,19)(H,17,18). The number of rotatable bonds is 4. The maximum atomic E-state index is 11.1. The highest BCUT2D eigenvalue weighted by Gasteiger charge is 2.06. The third-order valence-corrected chi connectivity index (χ3v) is 2.61. The third kappa shape index (κ3) is 3.19. The number of nitrogens with two attached hydrogens (primary N) is 2. The Kier molecular flexibility index (Phi) is 3.61. The smallest absolute Gasteiger partial charge is 0.267 e. The van der Waals surface area contributed by atoms with Crippen LogP contribution in [0.4, 0.5) is 11.5 Å². The Morgan fingerprint density at radius 2 is 2.11 bits per heavy atom. The van der Waals surface area contributed by atoms with E-state index >= 15 is 0 Å². The summed E-state index contributed by atoms with van der Waals surface area (Å²) in [5.41, 5.74) is 13.6. The van der Waals surface area contributed by atoms with Crippen molar-refractivity contribution >= 4 is 17.4 Å². The lowest BCUT2D eigenvalue weighted by atomic mass is 10.2. The van der Waals surface area contributed by atoms with Crippen LogP contribution in [0.15, 0.2) is 30.5 Å². The number of anilines is 2. The van der Waals surface area contributed by atoms with Gasteiger partial charge in [-0.05, 0) is 30.7 Å². The zero-order valence-electron chi connectivity index (χ0n) is 10.6. The van der Waals surface area contributed by atoms with E-state index in [4.69, 9.17) is 11.5 Å². The fraction of sp³-hybridized carbons (Fsp3) is 0.154. The average Bonchev–Trinajstić information content (AvgIpc) is 2.39. The van der Waals surface area contributed by atoms with E-state index in [1.165, 1.54) is 6.07 Å². The van der Waals surface area contributed by atoms with Crippen LogP contribution in [0.5, 0.6) is 0 Å². The first-order chi connectivity index (χ1) is 9.06. The number of hydrogen-bond donors (Lipinski definition) is 3. The molecule has 2 rings (SSSR count). The number of nitrogens with one attached hydrogen (secondary N) is 1. The van der Waals surface area contributed by atoms with E-state index in [9.17, 15) is 4.79 Å².